The quantitative estimate of drug-likeness (QED) is 0.618. The highest BCUT2D eigenvalue weighted by Gasteiger charge is 2.17. The van der Waals surface area contributed by atoms with Gasteiger partial charge in [-0.15, -0.1) is 0 Å². The lowest BCUT2D eigenvalue weighted by atomic mass is 9.93. The van der Waals surface area contributed by atoms with Gasteiger partial charge in [0, 0.05) is 12.3 Å². The van der Waals surface area contributed by atoms with Crippen LogP contribution in [0.25, 0.3) is 0 Å². The molecule has 1 unspecified atom stereocenters. The Morgan fingerprint density at radius 3 is 2.54 bits per heavy atom. The third-order valence-corrected chi connectivity index (χ3v) is 2.98. The summed E-state index contributed by atoms with van der Waals surface area (Å²) >= 11 is 4.33. The molecule has 0 aliphatic carbocycles. The number of halogens is 1. The monoisotopic (exact) mass is 260 g/mol. The van der Waals surface area contributed by atoms with Crippen molar-refractivity contribution in [3.8, 4) is 6.07 Å². The van der Waals surface area contributed by atoms with E-state index in [4.69, 9.17) is 10.7 Å². The van der Waals surface area contributed by atoms with Crippen LogP contribution < -0.4 is 0 Å². The van der Waals surface area contributed by atoms with Crippen molar-refractivity contribution in [3.63, 3.8) is 0 Å². The van der Waals surface area contributed by atoms with Gasteiger partial charge in [-0.1, -0.05) is 32.2 Å². The van der Waals surface area contributed by atoms with Gasteiger partial charge < -0.3 is 0 Å². The lowest BCUT2D eigenvalue weighted by molar-refractivity contribution is 0.469. The summed E-state index contributed by atoms with van der Waals surface area (Å²) in [6, 6.07) is 2.14. The molecule has 0 fully saturated rings. The Morgan fingerprint density at radius 2 is 2.23 bits per heavy atom. The Morgan fingerprint density at radius 1 is 1.69 bits per heavy atom. The van der Waals surface area contributed by atoms with E-state index in [9.17, 15) is 0 Å². The molecule has 0 amide bonds. The van der Waals surface area contributed by atoms with Gasteiger partial charge in [-0.05, 0) is 26.8 Å². The molecule has 0 aromatic rings. The molecule has 72 valence electrons. The molecule has 13 heavy (non-hydrogen) atoms. The van der Waals surface area contributed by atoms with Crippen molar-refractivity contribution in [1.82, 2.24) is 0 Å². The van der Waals surface area contributed by atoms with Crippen LogP contribution in [0.15, 0.2) is 11.5 Å². The highest BCUT2D eigenvalue weighted by Crippen LogP contribution is 2.32. The fraction of sp³-hybridized carbons (Fsp3) is 0.556. The summed E-state index contributed by atoms with van der Waals surface area (Å²) in [7, 11) is 0. The minimum atomic E-state index is 0.174. The molecule has 0 aromatic heterocycles. The van der Waals surface area contributed by atoms with Crippen LogP contribution in [-0.2, 0) is 0 Å². The van der Waals surface area contributed by atoms with E-state index < -0.39 is 0 Å². The normalized spacial score (nSPS) is 12.2. The maximum Gasteiger partial charge on any atom is 0.135 e. The van der Waals surface area contributed by atoms with Gasteiger partial charge in [-0.3, -0.25) is 5.41 Å². The van der Waals surface area contributed by atoms with Crippen molar-refractivity contribution < 1.29 is 0 Å². The van der Waals surface area contributed by atoms with Crippen molar-refractivity contribution in [2.45, 2.75) is 20.3 Å². The van der Waals surface area contributed by atoms with Gasteiger partial charge >= 0.3 is 0 Å². The first-order valence-corrected chi connectivity index (χ1v) is 5.57. The molecule has 0 aliphatic rings. The number of nitrogens with zero attached hydrogens (tertiary/aromatic N) is 1. The molecular formula is C9H13BrN2S. The summed E-state index contributed by atoms with van der Waals surface area (Å²) in [5.74, 6) is 0.569. The number of thioether (sulfide) groups is 1. The molecule has 0 rings (SSSR count). The Kier molecular flexibility index (Phi) is 6.10. The van der Waals surface area contributed by atoms with Crippen molar-refractivity contribution in [3.05, 3.63) is 11.5 Å². The van der Waals surface area contributed by atoms with Crippen molar-refractivity contribution >= 4 is 31.6 Å². The minimum absolute atomic E-state index is 0.174. The standard InChI is InChI=1S/C9H13BrN2S/c1-6(2)8(4-5-11)7(3)13-9(10)12/h6,8,12H,3-4H2,1-2H3. The molecule has 2 nitrogen and oxygen atoms in total. The number of nitrogens with one attached hydrogen (secondary N) is 1. The first-order valence-electron chi connectivity index (χ1n) is 3.96. The third kappa shape index (κ3) is 5.12. The molecule has 0 radical (unpaired) electrons. The van der Waals surface area contributed by atoms with Gasteiger partial charge in [0.15, 0.2) is 0 Å². The number of rotatable bonds is 4. The van der Waals surface area contributed by atoms with Gasteiger partial charge in [-0.2, -0.15) is 5.26 Å². The van der Waals surface area contributed by atoms with E-state index in [-0.39, 0.29) is 5.92 Å². The summed E-state index contributed by atoms with van der Waals surface area (Å²) in [5, 5.41) is 15.8. The lowest BCUT2D eigenvalue weighted by Crippen LogP contribution is -2.09. The predicted molar refractivity (Wildman–Crippen MR) is 61.9 cm³/mol. The van der Waals surface area contributed by atoms with E-state index in [1.807, 2.05) is 0 Å². The zero-order valence-corrected chi connectivity index (χ0v) is 10.2. The van der Waals surface area contributed by atoms with Crippen LogP contribution in [0.4, 0.5) is 0 Å². The van der Waals surface area contributed by atoms with Crippen LogP contribution in [0.5, 0.6) is 0 Å². The summed E-state index contributed by atoms with van der Waals surface area (Å²) in [6.07, 6.45) is 0.476. The predicted octanol–water partition coefficient (Wildman–Crippen LogP) is 3.75. The van der Waals surface area contributed by atoms with Gasteiger partial charge in [0.1, 0.15) is 3.95 Å². The second kappa shape index (κ2) is 6.22. The Bertz CT molecular complexity index is 242. The maximum absolute atomic E-state index is 8.60. The fourth-order valence-corrected chi connectivity index (χ4v) is 2.37. The van der Waals surface area contributed by atoms with E-state index >= 15 is 0 Å². The molecule has 0 aliphatic heterocycles. The average Bonchev–Trinajstić information content (AvgIpc) is 1.97. The Hall–Kier alpha value is -0.270. The van der Waals surface area contributed by atoms with Crippen molar-refractivity contribution in [2.75, 3.05) is 0 Å². The summed E-state index contributed by atoms with van der Waals surface area (Å²) in [6.45, 7) is 8.00. The fourth-order valence-electron chi connectivity index (χ4n) is 1.01. The molecule has 0 bridgehead atoms. The zero-order valence-electron chi connectivity index (χ0n) is 7.80. The van der Waals surface area contributed by atoms with E-state index in [0.717, 1.165) is 4.91 Å². The van der Waals surface area contributed by atoms with E-state index in [1.165, 1.54) is 11.8 Å². The van der Waals surface area contributed by atoms with Gasteiger partial charge in [-0.25, -0.2) is 0 Å². The van der Waals surface area contributed by atoms with Gasteiger partial charge in [0.05, 0.1) is 6.07 Å². The van der Waals surface area contributed by atoms with Crippen LogP contribution in [-0.4, -0.2) is 3.95 Å². The SMILES string of the molecule is C=C(SC(=N)Br)C(CC#N)C(C)C. The smallest absolute Gasteiger partial charge is 0.135 e. The number of hydrogen-bond acceptors (Lipinski definition) is 3. The third-order valence-electron chi connectivity index (χ3n) is 1.75. The van der Waals surface area contributed by atoms with Gasteiger partial charge in [0.25, 0.3) is 0 Å². The Balaban J connectivity index is 4.30. The molecule has 0 saturated heterocycles. The van der Waals surface area contributed by atoms with E-state index in [1.54, 1.807) is 0 Å². The zero-order chi connectivity index (χ0) is 10.4. The van der Waals surface area contributed by atoms with Crippen LogP contribution >= 0.6 is 27.7 Å². The second-order valence-electron chi connectivity index (χ2n) is 3.05. The largest absolute Gasteiger partial charge is 0.287 e. The first-order chi connectivity index (χ1) is 5.99. The van der Waals surface area contributed by atoms with E-state index in [2.05, 4.69) is 42.4 Å². The van der Waals surface area contributed by atoms with Crippen LogP contribution in [0.3, 0.4) is 0 Å². The molecule has 4 heteroatoms. The first kappa shape index (κ1) is 12.7. The highest BCUT2D eigenvalue weighted by atomic mass is 79.9. The molecular weight excluding hydrogens is 248 g/mol. The molecule has 0 saturated carbocycles. The summed E-state index contributed by atoms with van der Waals surface area (Å²) < 4.78 is 0.348. The molecule has 0 aromatic carbocycles. The maximum atomic E-state index is 8.60. The summed E-state index contributed by atoms with van der Waals surface area (Å²) in [5.41, 5.74) is 0. The number of nitriles is 1. The Labute approximate surface area is 92.0 Å². The van der Waals surface area contributed by atoms with Crippen molar-refractivity contribution in [2.24, 2.45) is 11.8 Å². The number of hydrogen-bond donors (Lipinski definition) is 1. The molecule has 0 spiro atoms. The van der Waals surface area contributed by atoms with Crippen molar-refractivity contribution in [1.29, 1.82) is 10.7 Å². The molecule has 0 heterocycles. The average molecular weight is 261 g/mol. The van der Waals surface area contributed by atoms with E-state index in [0.29, 0.717) is 16.3 Å². The topological polar surface area (TPSA) is 47.6 Å². The number of allylic oxidation sites excluding steroid dienone is 1. The summed E-state index contributed by atoms with van der Waals surface area (Å²) in [4.78, 5) is 0.887. The second-order valence-corrected chi connectivity index (χ2v) is 5.51. The van der Waals surface area contributed by atoms with Gasteiger partial charge in [0.2, 0.25) is 0 Å². The van der Waals surface area contributed by atoms with Crippen LogP contribution in [0.1, 0.15) is 20.3 Å². The molecule has 1 atom stereocenters. The van der Waals surface area contributed by atoms with Crippen LogP contribution in [0.2, 0.25) is 0 Å². The minimum Gasteiger partial charge on any atom is -0.287 e. The van der Waals surface area contributed by atoms with Crippen LogP contribution in [0, 0.1) is 28.6 Å². The highest BCUT2D eigenvalue weighted by molar-refractivity contribution is 9.22. The molecule has 1 N–H and O–H groups in total. The lowest BCUT2D eigenvalue weighted by Gasteiger charge is -2.18.